The van der Waals surface area contributed by atoms with E-state index in [9.17, 15) is 4.91 Å². The lowest BCUT2D eigenvalue weighted by Crippen LogP contribution is -2.09. The summed E-state index contributed by atoms with van der Waals surface area (Å²) in [5.74, 6) is 0. The Morgan fingerprint density at radius 1 is 1.12 bits per heavy atom. The summed E-state index contributed by atoms with van der Waals surface area (Å²) in [6.45, 7) is 0. The van der Waals surface area contributed by atoms with Crippen LogP contribution in [0.25, 0.3) is 5.69 Å². The van der Waals surface area contributed by atoms with Crippen molar-refractivity contribution in [1.82, 2.24) is 9.55 Å². The lowest BCUT2D eigenvalue weighted by molar-refractivity contribution is 1.01. The smallest absolute Gasteiger partial charge is 0.0991 e. The highest BCUT2D eigenvalue weighted by Gasteiger charge is 2.08. The van der Waals surface area contributed by atoms with Crippen molar-refractivity contribution in [1.29, 1.82) is 0 Å². The van der Waals surface area contributed by atoms with Gasteiger partial charge in [-0.3, -0.25) is 0 Å². The van der Waals surface area contributed by atoms with Crippen LogP contribution in [0.3, 0.4) is 0 Å². The molecule has 3 rings (SSSR count). The fraction of sp³-hybridized carbons (Fsp3) is 0.118. The van der Waals surface area contributed by atoms with Gasteiger partial charge in [-0.2, -0.15) is 0 Å². The highest BCUT2D eigenvalue weighted by molar-refractivity contribution is 5.76. The third-order valence-corrected chi connectivity index (χ3v) is 3.70. The minimum atomic E-state index is 0.716. The van der Waals surface area contributed by atoms with Crippen LogP contribution >= 0.6 is 0 Å². The molecule has 3 aromatic rings. The number of hydrogen-bond acceptors (Lipinski definition) is 5. The summed E-state index contributed by atoms with van der Waals surface area (Å²) in [5, 5.41) is 10.6. The van der Waals surface area contributed by atoms with Crippen LogP contribution in [0, 0.1) is 4.91 Å². The first-order valence-electron chi connectivity index (χ1n) is 7.45. The third-order valence-electron chi connectivity index (χ3n) is 3.70. The largest absolute Gasteiger partial charge is 0.386 e. The molecule has 0 amide bonds. The summed E-state index contributed by atoms with van der Waals surface area (Å²) in [6.07, 6.45) is 5.41. The molecule has 1 aromatic heterocycles. The van der Waals surface area contributed by atoms with E-state index in [1.165, 1.54) is 5.01 Å². The zero-order valence-electron chi connectivity index (χ0n) is 13.5. The van der Waals surface area contributed by atoms with Gasteiger partial charge in [0.25, 0.3) is 0 Å². The number of nitrogens with zero attached hydrogens (tertiary/aromatic N) is 4. The van der Waals surface area contributed by atoms with Crippen LogP contribution in [0.1, 0.15) is 0 Å². The molecule has 0 radical (unpaired) electrons. The molecule has 0 bridgehead atoms. The number of aromatic nitrogens is 2. The van der Waals surface area contributed by atoms with E-state index < -0.39 is 0 Å². The van der Waals surface area contributed by atoms with Gasteiger partial charge in [0.1, 0.15) is 0 Å². The molecule has 1 heterocycles. The van der Waals surface area contributed by atoms with Crippen LogP contribution in [0.15, 0.2) is 66.5 Å². The Bertz CT molecular complexity index is 814. The predicted molar refractivity (Wildman–Crippen MR) is 97.0 cm³/mol. The highest BCUT2D eigenvalue weighted by atomic mass is 16.3. The first-order chi connectivity index (χ1) is 11.7. The molecule has 0 atom stereocenters. The summed E-state index contributed by atoms with van der Waals surface area (Å²) in [5.41, 5.74) is 4.46. The molecule has 0 saturated carbocycles. The number of hydrogen-bond donors (Lipinski definition) is 2. The molecule has 2 N–H and O–H groups in total. The van der Waals surface area contributed by atoms with Crippen molar-refractivity contribution in [3.8, 4) is 5.69 Å². The molecule has 0 fully saturated rings. The highest BCUT2D eigenvalue weighted by Crippen LogP contribution is 2.30. The van der Waals surface area contributed by atoms with Crippen LogP contribution in [-0.4, -0.2) is 23.6 Å². The van der Waals surface area contributed by atoms with Gasteiger partial charge in [-0.25, -0.2) is 9.99 Å². The number of rotatable bonds is 6. The van der Waals surface area contributed by atoms with Crippen molar-refractivity contribution in [3.63, 3.8) is 0 Å². The maximum absolute atomic E-state index is 10.7. The van der Waals surface area contributed by atoms with Gasteiger partial charge in [0.2, 0.25) is 0 Å². The minimum absolute atomic E-state index is 0.716. The van der Waals surface area contributed by atoms with E-state index in [4.69, 9.17) is 0 Å². The Labute approximate surface area is 139 Å². The van der Waals surface area contributed by atoms with E-state index in [1.807, 2.05) is 53.2 Å². The van der Waals surface area contributed by atoms with Crippen LogP contribution in [0.4, 0.5) is 22.7 Å². The van der Waals surface area contributed by atoms with Gasteiger partial charge in [0.05, 0.1) is 23.0 Å². The van der Waals surface area contributed by atoms with Gasteiger partial charge in [-0.05, 0) is 42.5 Å². The molecule has 7 heteroatoms. The number of imidazole rings is 1. The maximum Gasteiger partial charge on any atom is 0.0991 e. The first kappa shape index (κ1) is 15.5. The topological polar surface area (TPSA) is 74.5 Å². The number of anilines is 4. The zero-order chi connectivity index (χ0) is 16.9. The summed E-state index contributed by atoms with van der Waals surface area (Å²) < 4.78 is 1.94. The van der Waals surface area contributed by atoms with Gasteiger partial charge in [-0.15, -0.1) is 4.91 Å². The lowest BCUT2D eigenvalue weighted by Gasteiger charge is -2.16. The molecule has 7 nitrogen and oxygen atoms in total. The average Bonchev–Trinajstić information content (AvgIpc) is 3.16. The molecule has 0 aliphatic carbocycles. The van der Waals surface area contributed by atoms with Crippen molar-refractivity contribution >= 4 is 22.7 Å². The van der Waals surface area contributed by atoms with Gasteiger partial charge >= 0.3 is 0 Å². The monoisotopic (exact) mass is 322 g/mol. The normalized spacial score (nSPS) is 10.2. The SMILES string of the molecule is CNc1cc(Nc2ccc(-n3ccnc3)cc2)ccc1N(C)N=O. The fourth-order valence-corrected chi connectivity index (χ4v) is 2.44. The standard InChI is InChI=1S/C17H18N6O/c1-18-16-11-14(5-8-17(16)22(2)21-24)20-13-3-6-15(7-4-13)23-10-9-19-12-23/h3-12,18,20H,1-2H3. The molecule has 0 saturated heterocycles. The molecule has 24 heavy (non-hydrogen) atoms. The van der Waals surface area contributed by atoms with Crippen LogP contribution < -0.4 is 15.6 Å². The summed E-state index contributed by atoms with van der Waals surface area (Å²) in [6, 6.07) is 13.7. The molecule has 122 valence electrons. The minimum Gasteiger partial charge on any atom is -0.386 e. The molecule has 2 aromatic carbocycles. The van der Waals surface area contributed by atoms with Crippen molar-refractivity contribution in [2.24, 2.45) is 5.29 Å². The lowest BCUT2D eigenvalue weighted by atomic mass is 10.2. The van der Waals surface area contributed by atoms with Crippen LogP contribution in [0.5, 0.6) is 0 Å². The van der Waals surface area contributed by atoms with Crippen LogP contribution in [-0.2, 0) is 0 Å². The second kappa shape index (κ2) is 6.82. The van der Waals surface area contributed by atoms with E-state index in [0.717, 1.165) is 22.7 Å². The van der Waals surface area contributed by atoms with Crippen molar-refractivity contribution in [2.45, 2.75) is 0 Å². The number of nitrogens with one attached hydrogen (secondary N) is 2. The zero-order valence-corrected chi connectivity index (χ0v) is 13.5. The molecule has 0 spiro atoms. The molecular weight excluding hydrogens is 304 g/mol. The van der Waals surface area contributed by atoms with E-state index in [0.29, 0.717) is 5.69 Å². The average molecular weight is 322 g/mol. The quantitative estimate of drug-likeness (QED) is 0.534. The van der Waals surface area contributed by atoms with Gasteiger partial charge in [-0.1, -0.05) is 0 Å². The van der Waals surface area contributed by atoms with Crippen molar-refractivity contribution in [3.05, 3.63) is 66.1 Å². The van der Waals surface area contributed by atoms with Gasteiger partial charge in [0.15, 0.2) is 0 Å². The van der Waals surface area contributed by atoms with E-state index in [1.54, 1.807) is 26.6 Å². The predicted octanol–water partition coefficient (Wildman–Crippen LogP) is 3.78. The fourth-order valence-electron chi connectivity index (χ4n) is 2.44. The molecule has 0 unspecified atom stereocenters. The van der Waals surface area contributed by atoms with Gasteiger partial charge < -0.3 is 15.2 Å². The first-order valence-corrected chi connectivity index (χ1v) is 7.45. The van der Waals surface area contributed by atoms with E-state index >= 15 is 0 Å². The Morgan fingerprint density at radius 2 is 1.88 bits per heavy atom. The second-order valence-corrected chi connectivity index (χ2v) is 5.23. The number of nitroso groups, excluding NO2 is 1. The van der Waals surface area contributed by atoms with Crippen LogP contribution in [0.2, 0.25) is 0 Å². The second-order valence-electron chi connectivity index (χ2n) is 5.23. The van der Waals surface area contributed by atoms with Crippen molar-refractivity contribution in [2.75, 3.05) is 29.7 Å². The molecule has 0 aliphatic rings. The third kappa shape index (κ3) is 3.19. The van der Waals surface area contributed by atoms with Gasteiger partial charge in [0, 0.05) is 43.6 Å². The Morgan fingerprint density at radius 3 is 2.50 bits per heavy atom. The summed E-state index contributed by atoms with van der Waals surface area (Å²) in [4.78, 5) is 14.7. The molecule has 0 aliphatic heterocycles. The van der Waals surface area contributed by atoms with E-state index in [-0.39, 0.29) is 0 Å². The summed E-state index contributed by atoms with van der Waals surface area (Å²) in [7, 11) is 3.42. The Hall–Kier alpha value is -3.35. The molecular formula is C17H18N6O. The van der Waals surface area contributed by atoms with Crippen molar-refractivity contribution < 1.29 is 0 Å². The maximum atomic E-state index is 10.7. The van der Waals surface area contributed by atoms with E-state index in [2.05, 4.69) is 20.9 Å². The number of benzene rings is 2. The Balaban J connectivity index is 1.79. The summed E-state index contributed by atoms with van der Waals surface area (Å²) >= 11 is 0. The Kier molecular flexibility index (Phi) is 4.42.